The Bertz CT molecular complexity index is 302. The number of aromatic hydroxyl groups is 1. The summed E-state index contributed by atoms with van der Waals surface area (Å²) in [6, 6.07) is 4.76. The highest BCUT2D eigenvalue weighted by atomic mass is 79.9. The van der Waals surface area contributed by atoms with Crippen LogP contribution in [0.2, 0.25) is 0 Å². The number of benzene rings is 1. The van der Waals surface area contributed by atoms with Crippen molar-refractivity contribution in [2.24, 2.45) is 0 Å². The molecule has 1 rings (SSSR count). The summed E-state index contributed by atoms with van der Waals surface area (Å²) in [5.41, 5.74) is 0.171. The van der Waals surface area contributed by atoms with Crippen LogP contribution in [0.1, 0.15) is 17.3 Å². The summed E-state index contributed by atoms with van der Waals surface area (Å²) in [7, 11) is 0. The van der Waals surface area contributed by atoms with Gasteiger partial charge in [0.2, 0.25) is 0 Å². The van der Waals surface area contributed by atoms with Gasteiger partial charge in [-0.2, -0.15) is 0 Å². The van der Waals surface area contributed by atoms with Crippen LogP contribution in [0.3, 0.4) is 0 Å². The molecule has 0 spiro atoms. The van der Waals surface area contributed by atoms with Crippen molar-refractivity contribution in [2.45, 2.75) is 6.92 Å². The Balaban J connectivity index is 3.05. The lowest BCUT2D eigenvalue weighted by Gasteiger charge is -2.05. The van der Waals surface area contributed by atoms with E-state index in [0.717, 1.165) is 0 Å². The molecule has 13 heavy (non-hydrogen) atoms. The van der Waals surface area contributed by atoms with Crippen LogP contribution < -0.4 is 0 Å². The standard InChI is InChI=1S/C9H9BrO3/c1-2-13-9(12)8-6(10)4-3-5-7(8)11/h3-5,11H,2H2,1H3. The van der Waals surface area contributed by atoms with E-state index in [-0.39, 0.29) is 11.3 Å². The first-order valence-corrected chi connectivity index (χ1v) is 4.60. The second kappa shape index (κ2) is 4.28. The third-order valence-corrected chi connectivity index (χ3v) is 2.13. The average Bonchev–Trinajstić information content (AvgIpc) is 2.04. The Morgan fingerprint density at radius 1 is 1.62 bits per heavy atom. The van der Waals surface area contributed by atoms with Crippen LogP contribution in [0.4, 0.5) is 0 Å². The van der Waals surface area contributed by atoms with Gasteiger partial charge in [-0.25, -0.2) is 4.79 Å². The van der Waals surface area contributed by atoms with Gasteiger partial charge in [0.15, 0.2) is 0 Å². The first-order chi connectivity index (χ1) is 6.16. The third kappa shape index (κ3) is 2.21. The zero-order chi connectivity index (χ0) is 9.84. The smallest absolute Gasteiger partial charge is 0.343 e. The van der Waals surface area contributed by atoms with Gasteiger partial charge in [0, 0.05) is 4.47 Å². The van der Waals surface area contributed by atoms with Crippen molar-refractivity contribution < 1.29 is 14.6 Å². The van der Waals surface area contributed by atoms with Gasteiger partial charge in [-0.3, -0.25) is 0 Å². The zero-order valence-corrected chi connectivity index (χ0v) is 8.67. The molecule has 0 aliphatic heterocycles. The van der Waals surface area contributed by atoms with E-state index in [2.05, 4.69) is 15.9 Å². The van der Waals surface area contributed by atoms with Crippen LogP contribution >= 0.6 is 15.9 Å². The fraction of sp³-hybridized carbons (Fsp3) is 0.222. The first kappa shape index (κ1) is 10.1. The van der Waals surface area contributed by atoms with E-state index in [9.17, 15) is 9.90 Å². The number of halogens is 1. The van der Waals surface area contributed by atoms with E-state index in [1.54, 1.807) is 19.1 Å². The van der Waals surface area contributed by atoms with Gasteiger partial charge in [-0.05, 0) is 35.0 Å². The minimum atomic E-state index is -0.521. The monoisotopic (exact) mass is 244 g/mol. The SMILES string of the molecule is CCOC(=O)c1c(O)cccc1Br. The molecule has 1 aromatic carbocycles. The van der Waals surface area contributed by atoms with Crippen LogP contribution in [0.15, 0.2) is 22.7 Å². The maximum atomic E-state index is 11.3. The quantitative estimate of drug-likeness (QED) is 0.813. The second-order valence-electron chi connectivity index (χ2n) is 2.35. The molecule has 0 saturated heterocycles. The normalized spacial score (nSPS) is 9.69. The highest BCUT2D eigenvalue weighted by molar-refractivity contribution is 9.10. The van der Waals surface area contributed by atoms with E-state index in [4.69, 9.17) is 4.74 Å². The van der Waals surface area contributed by atoms with Crippen LogP contribution in [-0.2, 0) is 4.74 Å². The molecular weight excluding hydrogens is 236 g/mol. The lowest BCUT2D eigenvalue weighted by atomic mass is 10.2. The maximum Gasteiger partial charge on any atom is 0.343 e. The number of hydrogen-bond acceptors (Lipinski definition) is 3. The average molecular weight is 245 g/mol. The van der Waals surface area contributed by atoms with Gasteiger partial charge in [-0.15, -0.1) is 0 Å². The first-order valence-electron chi connectivity index (χ1n) is 3.81. The molecule has 1 N–H and O–H groups in total. The third-order valence-electron chi connectivity index (χ3n) is 1.47. The molecule has 0 saturated carbocycles. The molecule has 0 aliphatic rings. The molecule has 0 radical (unpaired) electrons. The maximum absolute atomic E-state index is 11.3. The van der Waals surface area contributed by atoms with Crippen molar-refractivity contribution in [3.8, 4) is 5.75 Å². The molecule has 0 fully saturated rings. The molecule has 0 bridgehead atoms. The van der Waals surface area contributed by atoms with Crippen molar-refractivity contribution in [3.05, 3.63) is 28.2 Å². The molecule has 4 heteroatoms. The van der Waals surface area contributed by atoms with Crippen LogP contribution in [-0.4, -0.2) is 17.7 Å². The van der Waals surface area contributed by atoms with E-state index in [1.165, 1.54) is 6.07 Å². The van der Waals surface area contributed by atoms with Crippen molar-refractivity contribution in [2.75, 3.05) is 6.61 Å². The molecule has 0 atom stereocenters. The Morgan fingerprint density at radius 3 is 2.85 bits per heavy atom. The summed E-state index contributed by atoms with van der Waals surface area (Å²) in [6.45, 7) is 2.01. The van der Waals surface area contributed by atoms with Crippen molar-refractivity contribution >= 4 is 21.9 Å². The summed E-state index contributed by atoms with van der Waals surface area (Å²) in [6.07, 6.45) is 0. The fourth-order valence-corrected chi connectivity index (χ4v) is 1.44. The minimum absolute atomic E-state index is 0.0761. The lowest BCUT2D eigenvalue weighted by molar-refractivity contribution is 0.0522. The number of ether oxygens (including phenoxy) is 1. The number of hydrogen-bond donors (Lipinski definition) is 1. The summed E-state index contributed by atoms with van der Waals surface area (Å²) in [4.78, 5) is 11.3. The summed E-state index contributed by atoms with van der Waals surface area (Å²) >= 11 is 3.16. The Hall–Kier alpha value is -1.03. The van der Waals surface area contributed by atoms with Crippen molar-refractivity contribution in [1.29, 1.82) is 0 Å². The summed E-state index contributed by atoms with van der Waals surface area (Å²) in [5, 5.41) is 9.36. The largest absolute Gasteiger partial charge is 0.507 e. The minimum Gasteiger partial charge on any atom is -0.507 e. The topological polar surface area (TPSA) is 46.5 Å². The Morgan fingerprint density at radius 2 is 2.31 bits per heavy atom. The van der Waals surface area contributed by atoms with E-state index < -0.39 is 5.97 Å². The molecule has 70 valence electrons. The molecule has 1 aromatic rings. The highest BCUT2D eigenvalue weighted by Gasteiger charge is 2.15. The summed E-state index contributed by atoms with van der Waals surface area (Å²) in [5.74, 6) is -0.597. The molecule has 0 aromatic heterocycles. The highest BCUT2D eigenvalue weighted by Crippen LogP contribution is 2.26. The molecule has 0 amide bonds. The zero-order valence-electron chi connectivity index (χ0n) is 7.08. The van der Waals surface area contributed by atoms with Gasteiger partial charge in [-0.1, -0.05) is 6.07 Å². The molecule has 3 nitrogen and oxygen atoms in total. The van der Waals surface area contributed by atoms with Gasteiger partial charge in [0.25, 0.3) is 0 Å². The Kier molecular flexibility index (Phi) is 3.31. The van der Waals surface area contributed by atoms with E-state index in [1.807, 2.05) is 0 Å². The number of esters is 1. The predicted molar refractivity (Wildman–Crippen MR) is 51.8 cm³/mol. The van der Waals surface area contributed by atoms with Gasteiger partial charge in [0.1, 0.15) is 11.3 Å². The number of carbonyl (C=O) groups excluding carboxylic acids is 1. The fourth-order valence-electron chi connectivity index (χ4n) is 0.918. The van der Waals surface area contributed by atoms with E-state index in [0.29, 0.717) is 11.1 Å². The van der Waals surface area contributed by atoms with Crippen LogP contribution in [0, 0.1) is 0 Å². The molecular formula is C9H9BrO3. The predicted octanol–water partition coefficient (Wildman–Crippen LogP) is 2.33. The number of phenols is 1. The van der Waals surface area contributed by atoms with Crippen molar-refractivity contribution in [3.63, 3.8) is 0 Å². The summed E-state index contributed by atoms with van der Waals surface area (Å²) < 4.78 is 5.29. The van der Waals surface area contributed by atoms with Crippen LogP contribution in [0.5, 0.6) is 5.75 Å². The molecule has 0 unspecified atom stereocenters. The lowest BCUT2D eigenvalue weighted by Crippen LogP contribution is -2.05. The van der Waals surface area contributed by atoms with E-state index >= 15 is 0 Å². The second-order valence-corrected chi connectivity index (χ2v) is 3.21. The van der Waals surface area contributed by atoms with Crippen LogP contribution in [0.25, 0.3) is 0 Å². The molecule has 0 heterocycles. The van der Waals surface area contributed by atoms with Gasteiger partial charge >= 0.3 is 5.97 Å². The number of carbonyl (C=O) groups is 1. The Labute approximate surface area is 84.5 Å². The number of phenolic OH excluding ortho intramolecular Hbond substituents is 1. The van der Waals surface area contributed by atoms with Gasteiger partial charge < -0.3 is 9.84 Å². The van der Waals surface area contributed by atoms with Crippen molar-refractivity contribution in [1.82, 2.24) is 0 Å². The molecule has 0 aliphatic carbocycles. The van der Waals surface area contributed by atoms with Gasteiger partial charge in [0.05, 0.1) is 6.61 Å². The number of rotatable bonds is 2.